The topological polar surface area (TPSA) is 42.2 Å². The van der Waals surface area contributed by atoms with Gasteiger partial charge in [0.05, 0.1) is 11.4 Å². The molecule has 3 heteroatoms. The Labute approximate surface area is 98.7 Å². The third-order valence-electron chi connectivity index (χ3n) is 2.59. The molecule has 0 radical (unpaired) electrons. The lowest BCUT2D eigenvalue weighted by Gasteiger charge is -2.30. The SMILES string of the molecule is Cc1nc(N(CC(C)C)C(C)C)ccc1N. The molecule has 1 rings (SSSR count). The molecule has 0 aliphatic carbocycles. The minimum Gasteiger partial charge on any atom is -0.397 e. The maximum Gasteiger partial charge on any atom is 0.129 e. The first kappa shape index (κ1) is 12.8. The number of pyridine rings is 1. The van der Waals surface area contributed by atoms with Gasteiger partial charge in [0, 0.05) is 12.6 Å². The molecule has 0 amide bonds. The van der Waals surface area contributed by atoms with E-state index in [9.17, 15) is 0 Å². The number of aromatic nitrogens is 1. The van der Waals surface area contributed by atoms with Crippen LogP contribution >= 0.6 is 0 Å². The summed E-state index contributed by atoms with van der Waals surface area (Å²) in [6, 6.07) is 4.40. The molecule has 0 aliphatic heterocycles. The molecule has 1 aromatic rings. The van der Waals surface area contributed by atoms with Crippen LogP contribution in [0.5, 0.6) is 0 Å². The van der Waals surface area contributed by atoms with E-state index in [0.717, 1.165) is 23.7 Å². The Kier molecular flexibility index (Phi) is 4.16. The third kappa shape index (κ3) is 3.12. The van der Waals surface area contributed by atoms with Gasteiger partial charge in [-0.25, -0.2) is 4.98 Å². The van der Waals surface area contributed by atoms with Gasteiger partial charge in [-0.05, 0) is 38.8 Å². The van der Waals surface area contributed by atoms with Crippen LogP contribution in [0, 0.1) is 12.8 Å². The minimum atomic E-state index is 0.456. The molecular formula is C13H23N3. The normalized spacial score (nSPS) is 11.2. The van der Waals surface area contributed by atoms with E-state index in [2.05, 4.69) is 37.6 Å². The number of nitrogens with zero attached hydrogens (tertiary/aromatic N) is 2. The number of nitrogen functional groups attached to an aromatic ring is 1. The van der Waals surface area contributed by atoms with Crippen LogP contribution in [0.4, 0.5) is 11.5 Å². The van der Waals surface area contributed by atoms with Crippen molar-refractivity contribution < 1.29 is 0 Å². The summed E-state index contributed by atoms with van der Waals surface area (Å²) in [6.45, 7) is 11.8. The summed E-state index contributed by atoms with van der Waals surface area (Å²) in [5, 5.41) is 0. The Morgan fingerprint density at radius 1 is 1.25 bits per heavy atom. The van der Waals surface area contributed by atoms with E-state index in [0.29, 0.717) is 12.0 Å². The Hall–Kier alpha value is -1.25. The third-order valence-corrected chi connectivity index (χ3v) is 2.59. The molecule has 0 fully saturated rings. The molecule has 3 nitrogen and oxygen atoms in total. The summed E-state index contributed by atoms with van der Waals surface area (Å²) in [4.78, 5) is 6.86. The van der Waals surface area contributed by atoms with Crippen LogP contribution in [0.2, 0.25) is 0 Å². The van der Waals surface area contributed by atoms with E-state index >= 15 is 0 Å². The second-order valence-corrected chi connectivity index (χ2v) is 4.98. The van der Waals surface area contributed by atoms with Gasteiger partial charge in [-0.1, -0.05) is 13.8 Å². The van der Waals surface area contributed by atoms with Crippen LogP contribution in [-0.4, -0.2) is 17.6 Å². The summed E-state index contributed by atoms with van der Waals surface area (Å²) < 4.78 is 0. The molecule has 0 bridgehead atoms. The first-order valence-electron chi connectivity index (χ1n) is 5.91. The quantitative estimate of drug-likeness (QED) is 0.850. The highest BCUT2D eigenvalue weighted by Crippen LogP contribution is 2.19. The summed E-state index contributed by atoms with van der Waals surface area (Å²) in [5.74, 6) is 1.65. The van der Waals surface area contributed by atoms with Crippen molar-refractivity contribution in [3.63, 3.8) is 0 Å². The molecule has 0 unspecified atom stereocenters. The van der Waals surface area contributed by atoms with Crippen LogP contribution in [0.15, 0.2) is 12.1 Å². The number of nitrogens with two attached hydrogens (primary N) is 1. The van der Waals surface area contributed by atoms with Crippen LogP contribution in [0.1, 0.15) is 33.4 Å². The minimum absolute atomic E-state index is 0.456. The van der Waals surface area contributed by atoms with Crippen molar-refractivity contribution in [3.05, 3.63) is 17.8 Å². The van der Waals surface area contributed by atoms with Gasteiger partial charge in [0.2, 0.25) is 0 Å². The number of hydrogen-bond donors (Lipinski definition) is 1. The monoisotopic (exact) mass is 221 g/mol. The lowest BCUT2D eigenvalue weighted by Crippen LogP contribution is -2.34. The molecule has 16 heavy (non-hydrogen) atoms. The predicted octanol–water partition coefficient (Wildman–Crippen LogP) is 2.84. The van der Waals surface area contributed by atoms with Crippen molar-refractivity contribution in [1.82, 2.24) is 4.98 Å². The van der Waals surface area contributed by atoms with E-state index < -0.39 is 0 Å². The van der Waals surface area contributed by atoms with Crippen LogP contribution in [-0.2, 0) is 0 Å². The molecule has 0 saturated heterocycles. The largest absolute Gasteiger partial charge is 0.397 e. The Morgan fingerprint density at radius 2 is 1.88 bits per heavy atom. The highest BCUT2D eigenvalue weighted by molar-refractivity contribution is 5.50. The van der Waals surface area contributed by atoms with Crippen molar-refractivity contribution in [2.45, 2.75) is 40.7 Å². The van der Waals surface area contributed by atoms with Crippen LogP contribution < -0.4 is 10.6 Å². The van der Waals surface area contributed by atoms with Crippen molar-refractivity contribution in [2.24, 2.45) is 5.92 Å². The summed E-state index contributed by atoms with van der Waals surface area (Å²) in [6.07, 6.45) is 0. The summed E-state index contributed by atoms with van der Waals surface area (Å²) in [7, 11) is 0. The second kappa shape index (κ2) is 5.19. The maximum atomic E-state index is 5.79. The molecular weight excluding hydrogens is 198 g/mol. The molecule has 1 aromatic heterocycles. The number of hydrogen-bond acceptors (Lipinski definition) is 3. The average molecular weight is 221 g/mol. The first-order chi connectivity index (χ1) is 7.41. The summed E-state index contributed by atoms with van der Waals surface area (Å²) >= 11 is 0. The molecule has 0 saturated carbocycles. The molecule has 0 atom stereocenters. The van der Waals surface area contributed by atoms with Crippen LogP contribution in [0.25, 0.3) is 0 Å². The van der Waals surface area contributed by atoms with E-state index in [1.54, 1.807) is 0 Å². The first-order valence-corrected chi connectivity index (χ1v) is 5.91. The van der Waals surface area contributed by atoms with Crippen molar-refractivity contribution in [1.29, 1.82) is 0 Å². The maximum absolute atomic E-state index is 5.79. The number of aryl methyl sites for hydroxylation is 1. The summed E-state index contributed by atoms with van der Waals surface area (Å²) in [5.41, 5.74) is 7.46. The molecule has 0 aliphatic rings. The van der Waals surface area contributed by atoms with Crippen molar-refractivity contribution >= 4 is 11.5 Å². The van der Waals surface area contributed by atoms with Gasteiger partial charge in [-0.3, -0.25) is 0 Å². The second-order valence-electron chi connectivity index (χ2n) is 4.98. The zero-order chi connectivity index (χ0) is 12.3. The fourth-order valence-corrected chi connectivity index (χ4v) is 1.68. The predicted molar refractivity (Wildman–Crippen MR) is 70.7 cm³/mol. The van der Waals surface area contributed by atoms with Crippen molar-refractivity contribution in [3.8, 4) is 0 Å². The average Bonchev–Trinajstić information content (AvgIpc) is 2.18. The van der Waals surface area contributed by atoms with E-state index in [1.165, 1.54) is 0 Å². The van der Waals surface area contributed by atoms with Gasteiger partial charge in [0.15, 0.2) is 0 Å². The van der Waals surface area contributed by atoms with Crippen LogP contribution in [0.3, 0.4) is 0 Å². The molecule has 2 N–H and O–H groups in total. The van der Waals surface area contributed by atoms with Gasteiger partial charge in [-0.2, -0.15) is 0 Å². The van der Waals surface area contributed by atoms with E-state index in [1.807, 2.05) is 19.1 Å². The molecule has 90 valence electrons. The zero-order valence-corrected chi connectivity index (χ0v) is 11.0. The number of anilines is 2. The van der Waals surface area contributed by atoms with E-state index in [4.69, 9.17) is 5.73 Å². The Balaban J connectivity index is 2.97. The highest BCUT2D eigenvalue weighted by Gasteiger charge is 2.13. The smallest absolute Gasteiger partial charge is 0.129 e. The highest BCUT2D eigenvalue weighted by atomic mass is 15.2. The standard InChI is InChI=1S/C13H23N3/c1-9(2)8-16(10(3)4)13-7-6-12(14)11(5)15-13/h6-7,9-10H,8,14H2,1-5H3. The van der Waals surface area contributed by atoms with Gasteiger partial charge in [0.25, 0.3) is 0 Å². The van der Waals surface area contributed by atoms with Gasteiger partial charge in [-0.15, -0.1) is 0 Å². The van der Waals surface area contributed by atoms with Gasteiger partial charge in [0.1, 0.15) is 5.82 Å². The van der Waals surface area contributed by atoms with Gasteiger partial charge >= 0.3 is 0 Å². The van der Waals surface area contributed by atoms with Crippen molar-refractivity contribution in [2.75, 3.05) is 17.2 Å². The van der Waals surface area contributed by atoms with E-state index in [-0.39, 0.29) is 0 Å². The number of rotatable bonds is 4. The van der Waals surface area contributed by atoms with Gasteiger partial charge < -0.3 is 10.6 Å². The molecule has 0 aromatic carbocycles. The molecule has 0 spiro atoms. The lowest BCUT2D eigenvalue weighted by molar-refractivity contribution is 0.566. The Morgan fingerprint density at radius 3 is 2.31 bits per heavy atom. The Bertz CT molecular complexity index is 345. The fraction of sp³-hybridized carbons (Fsp3) is 0.615. The molecule has 1 heterocycles. The fourth-order valence-electron chi connectivity index (χ4n) is 1.68. The zero-order valence-electron chi connectivity index (χ0n) is 11.0. The lowest BCUT2D eigenvalue weighted by atomic mass is 10.1.